The second kappa shape index (κ2) is 5.29. The van der Waals surface area contributed by atoms with Crippen LogP contribution in [0.2, 0.25) is 0 Å². The van der Waals surface area contributed by atoms with Crippen molar-refractivity contribution < 1.29 is 9.21 Å². The Labute approximate surface area is 117 Å². The normalized spacial score (nSPS) is 10.8. The molecule has 0 saturated carbocycles. The van der Waals surface area contributed by atoms with E-state index in [1.165, 1.54) is 0 Å². The number of Topliss-reactive ketones (excluding diaryl/α,β-unsaturated/α-hetero) is 1. The number of benzene rings is 1. The molecule has 0 amide bonds. The fourth-order valence-corrected chi connectivity index (χ4v) is 2.21. The van der Waals surface area contributed by atoms with Crippen molar-refractivity contribution in [2.75, 3.05) is 0 Å². The van der Waals surface area contributed by atoms with Crippen molar-refractivity contribution in [3.05, 3.63) is 65.7 Å². The third-order valence-electron chi connectivity index (χ3n) is 3.28. The SMILES string of the molecule is Cc1ccc2oc(C(=O)CCc3ccccn3)cc2c1. The highest BCUT2D eigenvalue weighted by Gasteiger charge is 2.12. The molecule has 0 fully saturated rings. The van der Waals surface area contributed by atoms with Crippen LogP contribution in [0.3, 0.4) is 0 Å². The molecule has 0 N–H and O–H groups in total. The van der Waals surface area contributed by atoms with Gasteiger partial charge in [-0.2, -0.15) is 0 Å². The van der Waals surface area contributed by atoms with Gasteiger partial charge in [-0.05, 0) is 43.7 Å². The molecular weight excluding hydrogens is 250 g/mol. The van der Waals surface area contributed by atoms with Crippen molar-refractivity contribution in [3.63, 3.8) is 0 Å². The number of hydrogen-bond donors (Lipinski definition) is 0. The van der Waals surface area contributed by atoms with Crippen LogP contribution in [0.25, 0.3) is 11.0 Å². The fourth-order valence-electron chi connectivity index (χ4n) is 2.21. The molecule has 0 aliphatic heterocycles. The zero-order chi connectivity index (χ0) is 13.9. The topological polar surface area (TPSA) is 43.1 Å². The number of pyridine rings is 1. The van der Waals surface area contributed by atoms with E-state index in [1.54, 1.807) is 6.20 Å². The van der Waals surface area contributed by atoms with Crippen LogP contribution in [0.4, 0.5) is 0 Å². The van der Waals surface area contributed by atoms with Gasteiger partial charge in [0.15, 0.2) is 11.5 Å². The smallest absolute Gasteiger partial charge is 0.198 e. The molecular formula is C17H15NO2. The zero-order valence-electron chi connectivity index (χ0n) is 11.3. The first-order chi connectivity index (χ1) is 9.72. The van der Waals surface area contributed by atoms with Crippen molar-refractivity contribution in [2.24, 2.45) is 0 Å². The lowest BCUT2D eigenvalue weighted by atomic mass is 10.1. The van der Waals surface area contributed by atoms with Crippen molar-refractivity contribution >= 4 is 16.8 Å². The molecule has 0 aliphatic rings. The maximum atomic E-state index is 12.2. The minimum Gasteiger partial charge on any atom is -0.453 e. The van der Waals surface area contributed by atoms with Crippen LogP contribution < -0.4 is 0 Å². The Hall–Kier alpha value is -2.42. The molecule has 0 spiro atoms. The summed E-state index contributed by atoms with van der Waals surface area (Å²) in [6.07, 6.45) is 2.79. The van der Waals surface area contributed by atoms with E-state index in [4.69, 9.17) is 4.42 Å². The summed E-state index contributed by atoms with van der Waals surface area (Å²) in [7, 11) is 0. The molecule has 0 atom stereocenters. The minimum atomic E-state index is 0.0181. The summed E-state index contributed by atoms with van der Waals surface area (Å²) in [4.78, 5) is 16.4. The Morgan fingerprint density at radius 3 is 2.90 bits per heavy atom. The number of hydrogen-bond acceptors (Lipinski definition) is 3. The molecule has 2 aromatic heterocycles. The third kappa shape index (κ3) is 2.62. The Kier molecular flexibility index (Phi) is 3.33. The highest BCUT2D eigenvalue weighted by atomic mass is 16.3. The lowest BCUT2D eigenvalue weighted by molar-refractivity contribution is 0.0958. The van der Waals surface area contributed by atoms with E-state index in [9.17, 15) is 4.79 Å². The maximum Gasteiger partial charge on any atom is 0.198 e. The summed E-state index contributed by atoms with van der Waals surface area (Å²) >= 11 is 0. The van der Waals surface area contributed by atoms with E-state index in [0.717, 1.165) is 22.2 Å². The Morgan fingerprint density at radius 2 is 2.10 bits per heavy atom. The highest BCUT2D eigenvalue weighted by Crippen LogP contribution is 2.21. The molecule has 20 heavy (non-hydrogen) atoms. The molecule has 100 valence electrons. The second-order valence-electron chi connectivity index (χ2n) is 4.90. The molecule has 3 heteroatoms. The molecule has 0 bridgehead atoms. The van der Waals surface area contributed by atoms with Crippen LogP contribution in [0.1, 0.15) is 28.2 Å². The van der Waals surface area contributed by atoms with Gasteiger partial charge in [0.25, 0.3) is 0 Å². The number of fused-ring (bicyclic) bond motifs is 1. The van der Waals surface area contributed by atoms with Gasteiger partial charge in [-0.3, -0.25) is 9.78 Å². The summed E-state index contributed by atoms with van der Waals surface area (Å²) in [6, 6.07) is 13.4. The van der Waals surface area contributed by atoms with Gasteiger partial charge in [0.05, 0.1) is 0 Å². The Bertz CT molecular complexity index is 744. The third-order valence-corrected chi connectivity index (χ3v) is 3.28. The molecule has 0 unspecified atom stereocenters. The molecule has 0 aliphatic carbocycles. The number of carbonyl (C=O) groups is 1. The summed E-state index contributed by atoms with van der Waals surface area (Å²) in [5.41, 5.74) is 2.84. The van der Waals surface area contributed by atoms with Crippen LogP contribution in [-0.2, 0) is 6.42 Å². The minimum absolute atomic E-state index is 0.0181. The quantitative estimate of drug-likeness (QED) is 0.671. The van der Waals surface area contributed by atoms with E-state index in [0.29, 0.717) is 18.6 Å². The van der Waals surface area contributed by atoms with Crippen molar-refractivity contribution in [1.29, 1.82) is 0 Å². The lowest BCUT2D eigenvalue weighted by Gasteiger charge is -1.97. The average Bonchev–Trinajstić information content (AvgIpc) is 2.89. The van der Waals surface area contributed by atoms with Gasteiger partial charge >= 0.3 is 0 Å². The van der Waals surface area contributed by atoms with Gasteiger partial charge in [0.1, 0.15) is 5.58 Å². The number of aromatic nitrogens is 1. The first kappa shape index (κ1) is 12.6. The van der Waals surface area contributed by atoms with Crippen molar-refractivity contribution in [1.82, 2.24) is 4.98 Å². The van der Waals surface area contributed by atoms with Crippen LogP contribution >= 0.6 is 0 Å². The summed E-state index contributed by atoms with van der Waals surface area (Å²) in [5, 5.41) is 0.978. The Morgan fingerprint density at radius 1 is 1.20 bits per heavy atom. The van der Waals surface area contributed by atoms with Gasteiger partial charge in [0, 0.05) is 23.7 Å². The van der Waals surface area contributed by atoms with Gasteiger partial charge < -0.3 is 4.42 Å². The standard InChI is InChI=1S/C17H15NO2/c1-12-5-8-16-13(10-12)11-17(20-16)15(19)7-6-14-4-2-3-9-18-14/h2-5,8-11H,6-7H2,1H3. The Balaban J connectivity index is 1.75. The number of nitrogens with zero attached hydrogens (tertiary/aromatic N) is 1. The van der Waals surface area contributed by atoms with E-state index in [2.05, 4.69) is 4.98 Å². The predicted octanol–water partition coefficient (Wildman–Crippen LogP) is 3.95. The molecule has 0 saturated heterocycles. The number of furan rings is 1. The van der Waals surface area contributed by atoms with Crippen LogP contribution in [0.15, 0.2) is 53.1 Å². The van der Waals surface area contributed by atoms with Gasteiger partial charge in [-0.25, -0.2) is 0 Å². The summed E-state index contributed by atoms with van der Waals surface area (Å²) < 4.78 is 5.60. The highest BCUT2D eigenvalue weighted by molar-refractivity contribution is 5.97. The first-order valence-electron chi connectivity index (χ1n) is 6.66. The van der Waals surface area contributed by atoms with Gasteiger partial charge in [-0.1, -0.05) is 17.7 Å². The first-order valence-corrected chi connectivity index (χ1v) is 6.66. The zero-order valence-corrected chi connectivity index (χ0v) is 11.3. The average molecular weight is 265 g/mol. The van der Waals surface area contributed by atoms with Crippen LogP contribution in [-0.4, -0.2) is 10.8 Å². The number of ketones is 1. The van der Waals surface area contributed by atoms with E-state index in [1.807, 2.05) is 49.4 Å². The van der Waals surface area contributed by atoms with E-state index in [-0.39, 0.29) is 5.78 Å². The lowest BCUT2D eigenvalue weighted by Crippen LogP contribution is -2.00. The fraction of sp³-hybridized carbons (Fsp3) is 0.176. The van der Waals surface area contributed by atoms with Crippen LogP contribution in [0.5, 0.6) is 0 Å². The van der Waals surface area contributed by atoms with Crippen LogP contribution in [0, 0.1) is 6.92 Å². The summed E-state index contributed by atoms with van der Waals surface area (Å²) in [6.45, 7) is 2.02. The predicted molar refractivity (Wildman–Crippen MR) is 77.8 cm³/mol. The number of aryl methyl sites for hydroxylation is 2. The molecule has 1 aromatic carbocycles. The van der Waals surface area contributed by atoms with Gasteiger partial charge in [-0.15, -0.1) is 0 Å². The molecule has 3 rings (SSSR count). The van der Waals surface area contributed by atoms with E-state index >= 15 is 0 Å². The van der Waals surface area contributed by atoms with Crippen molar-refractivity contribution in [3.8, 4) is 0 Å². The molecule has 3 aromatic rings. The molecule has 2 heterocycles. The molecule has 0 radical (unpaired) electrons. The van der Waals surface area contributed by atoms with Gasteiger partial charge in [0.2, 0.25) is 0 Å². The number of rotatable bonds is 4. The maximum absolute atomic E-state index is 12.2. The van der Waals surface area contributed by atoms with Crippen molar-refractivity contribution in [2.45, 2.75) is 19.8 Å². The number of carbonyl (C=O) groups excluding carboxylic acids is 1. The van der Waals surface area contributed by atoms with E-state index < -0.39 is 0 Å². The monoisotopic (exact) mass is 265 g/mol. The molecule has 3 nitrogen and oxygen atoms in total. The largest absolute Gasteiger partial charge is 0.453 e. The second-order valence-corrected chi connectivity index (χ2v) is 4.90. The summed E-state index contributed by atoms with van der Waals surface area (Å²) in [5.74, 6) is 0.450.